The van der Waals surface area contributed by atoms with Gasteiger partial charge in [0.15, 0.2) is 5.82 Å². The summed E-state index contributed by atoms with van der Waals surface area (Å²) in [6.45, 7) is 6.23. The third-order valence-corrected chi connectivity index (χ3v) is 1.98. The van der Waals surface area contributed by atoms with E-state index in [9.17, 15) is 9.59 Å². The molecule has 0 atom stereocenters. The van der Waals surface area contributed by atoms with Crippen LogP contribution in [0.25, 0.3) is 0 Å². The van der Waals surface area contributed by atoms with Gasteiger partial charge in [0, 0.05) is 6.54 Å². The molecule has 0 aromatic heterocycles. The Hall–Kier alpha value is -2.97. The van der Waals surface area contributed by atoms with Crippen LogP contribution in [0.5, 0.6) is 0 Å². The summed E-state index contributed by atoms with van der Waals surface area (Å²) in [6, 6.07) is -0.858. The number of nitrogens with two attached hydrogens (primary N) is 2. The van der Waals surface area contributed by atoms with Crippen LogP contribution in [0.15, 0.2) is 41.1 Å². The fraction of sp³-hybridized carbons (Fsp3) is 0.357. The lowest BCUT2D eigenvalue weighted by Gasteiger charge is -2.05. The number of allylic oxidation sites excluding steroid dienone is 4. The predicted octanol–water partition coefficient (Wildman–Crippen LogP) is 0.538. The second kappa shape index (κ2) is 15.4. The van der Waals surface area contributed by atoms with E-state index in [1.54, 1.807) is 6.92 Å². The molecule has 0 bridgehead atoms. The van der Waals surface area contributed by atoms with Gasteiger partial charge in [-0.25, -0.2) is 10.2 Å². The van der Waals surface area contributed by atoms with Gasteiger partial charge in [-0.05, 0) is 26.3 Å². The number of hydrazone groups is 1. The summed E-state index contributed by atoms with van der Waals surface area (Å²) in [5.41, 5.74) is 12.9. The number of primary amides is 1. The van der Waals surface area contributed by atoms with Crippen LogP contribution in [0.1, 0.15) is 27.2 Å². The summed E-state index contributed by atoms with van der Waals surface area (Å²) in [7, 11) is 0. The van der Waals surface area contributed by atoms with Gasteiger partial charge in [-0.2, -0.15) is 5.10 Å². The maximum atomic E-state index is 10.2. The normalized spacial score (nSPS) is 12.2. The van der Waals surface area contributed by atoms with E-state index in [1.165, 1.54) is 0 Å². The highest BCUT2D eigenvalue weighted by Gasteiger charge is 2.01. The molecule has 3 amide bonds. The smallest absolute Gasteiger partial charge is 0.319 e. The fourth-order valence-electron chi connectivity index (χ4n) is 1.03. The van der Waals surface area contributed by atoms with Crippen molar-refractivity contribution < 1.29 is 14.7 Å². The van der Waals surface area contributed by atoms with Crippen molar-refractivity contribution in [3.05, 3.63) is 36.0 Å². The number of urea groups is 1. The van der Waals surface area contributed by atoms with Crippen molar-refractivity contribution in [3.63, 3.8) is 0 Å². The zero-order chi connectivity index (χ0) is 18.1. The summed E-state index contributed by atoms with van der Waals surface area (Å²) in [5.74, 6) is -0.467. The first-order valence-electron chi connectivity index (χ1n) is 6.94. The van der Waals surface area contributed by atoms with Crippen LogP contribution < -0.4 is 27.5 Å². The predicted molar refractivity (Wildman–Crippen MR) is 91.1 cm³/mol. The topological polar surface area (TPSA) is 155 Å². The number of aliphatic hydroxyl groups excluding tert-OH is 1. The molecule has 8 N–H and O–H groups in total. The standard InChI is InChI=1S/C9H14N2O.C5H12N4O2/c1-3-4-5-6-7-9(2)11-10-8-12;1-2-8-3(6)4(10)9-5(7)11/h4-8H,3H2,1-2H3,(H,10,12);8,10H,2,6H2,1H3,(H3,7,9,11)/b5-4+,7-6+,11-9+;4-3-. The second-order valence-corrected chi connectivity index (χ2v) is 3.98. The molecule has 0 heterocycles. The molecule has 23 heavy (non-hydrogen) atoms. The molecule has 9 heteroatoms. The lowest BCUT2D eigenvalue weighted by molar-refractivity contribution is -0.109. The van der Waals surface area contributed by atoms with Gasteiger partial charge in [0.1, 0.15) is 0 Å². The van der Waals surface area contributed by atoms with Crippen molar-refractivity contribution in [1.29, 1.82) is 0 Å². The van der Waals surface area contributed by atoms with Gasteiger partial charge in [-0.3, -0.25) is 10.1 Å². The molecule has 0 radical (unpaired) electrons. The average Bonchev–Trinajstić information content (AvgIpc) is 2.49. The van der Waals surface area contributed by atoms with Crippen molar-refractivity contribution in [2.75, 3.05) is 6.54 Å². The van der Waals surface area contributed by atoms with E-state index in [-0.39, 0.29) is 5.82 Å². The number of hydrogen-bond acceptors (Lipinski definition) is 6. The molecular formula is C14H26N6O3. The number of amides is 3. The first-order chi connectivity index (χ1) is 10.9. The number of nitrogens with one attached hydrogen (secondary N) is 3. The quantitative estimate of drug-likeness (QED) is 0.126. The molecule has 0 fully saturated rings. The summed E-state index contributed by atoms with van der Waals surface area (Å²) in [4.78, 5) is 20.0. The molecule has 0 aromatic rings. The van der Waals surface area contributed by atoms with E-state index in [1.807, 2.05) is 36.5 Å². The molecule has 0 saturated heterocycles. The van der Waals surface area contributed by atoms with Crippen LogP contribution in [-0.2, 0) is 4.79 Å². The maximum absolute atomic E-state index is 10.2. The molecule has 0 rings (SSSR count). The summed E-state index contributed by atoms with van der Waals surface area (Å²) in [5, 5.41) is 17.1. The first kappa shape index (κ1) is 22.3. The number of carbonyl (C=O) groups excluding carboxylic acids is 2. The van der Waals surface area contributed by atoms with E-state index in [0.717, 1.165) is 12.1 Å². The number of hydrogen-bond donors (Lipinski definition) is 6. The summed E-state index contributed by atoms with van der Waals surface area (Å²) in [6.07, 6.45) is 9.25. The van der Waals surface area contributed by atoms with Gasteiger partial charge >= 0.3 is 6.03 Å². The lowest BCUT2D eigenvalue weighted by atomic mass is 10.3. The Morgan fingerprint density at radius 3 is 2.39 bits per heavy atom. The molecule has 0 aliphatic heterocycles. The molecule has 0 aliphatic carbocycles. The Morgan fingerprint density at radius 1 is 1.26 bits per heavy atom. The van der Waals surface area contributed by atoms with Gasteiger partial charge in [-0.15, -0.1) is 0 Å². The van der Waals surface area contributed by atoms with E-state index >= 15 is 0 Å². The van der Waals surface area contributed by atoms with Crippen LogP contribution in [0.3, 0.4) is 0 Å². The number of rotatable bonds is 8. The number of aliphatic hydroxyl groups is 1. The number of nitrogens with zero attached hydrogens (tertiary/aromatic N) is 1. The van der Waals surface area contributed by atoms with Crippen molar-refractivity contribution in [3.8, 4) is 0 Å². The molecule has 0 unspecified atom stereocenters. The van der Waals surface area contributed by atoms with Crippen molar-refractivity contribution in [2.45, 2.75) is 27.2 Å². The lowest BCUT2D eigenvalue weighted by Crippen LogP contribution is -2.34. The van der Waals surface area contributed by atoms with Crippen LogP contribution in [0.2, 0.25) is 0 Å². The summed E-state index contributed by atoms with van der Waals surface area (Å²) < 4.78 is 0. The van der Waals surface area contributed by atoms with Gasteiger partial charge in [0.25, 0.3) is 0 Å². The van der Waals surface area contributed by atoms with Crippen LogP contribution in [0, 0.1) is 0 Å². The largest absolute Gasteiger partial charge is 0.492 e. The number of carbonyl (C=O) groups is 2. The Kier molecular flexibility index (Phi) is 15.0. The molecule has 0 saturated carbocycles. The highest BCUT2D eigenvalue weighted by Crippen LogP contribution is 1.84. The molecule has 130 valence electrons. The van der Waals surface area contributed by atoms with Crippen molar-refractivity contribution >= 4 is 18.2 Å². The third-order valence-electron chi connectivity index (χ3n) is 1.98. The first-order valence-corrected chi connectivity index (χ1v) is 6.94. The minimum absolute atomic E-state index is 0.00806. The zero-order valence-corrected chi connectivity index (χ0v) is 13.7. The molecule has 0 aromatic carbocycles. The monoisotopic (exact) mass is 326 g/mol. The Bertz CT molecular complexity index is 469. The zero-order valence-electron chi connectivity index (χ0n) is 13.7. The third kappa shape index (κ3) is 17.0. The highest BCUT2D eigenvalue weighted by molar-refractivity contribution is 5.93. The van der Waals surface area contributed by atoms with Crippen LogP contribution in [0.4, 0.5) is 4.79 Å². The van der Waals surface area contributed by atoms with Gasteiger partial charge in [0.2, 0.25) is 12.3 Å². The average molecular weight is 326 g/mol. The van der Waals surface area contributed by atoms with Gasteiger partial charge in [0.05, 0.1) is 5.71 Å². The highest BCUT2D eigenvalue weighted by atomic mass is 16.3. The molecular weight excluding hydrogens is 300 g/mol. The van der Waals surface area contributed by atoms with E-state index in [2.05, 4.69) is 22.8 Å². The molecule has 0 aliphatic rings. The van der Waals surface area contributed by atoms with Crippen LogP contribution >= 0.6 is 0 Å². The SMILES string of the molecule is CC/C=C/C=C/C(C)=N/NC=O.CCN/C(N)=C(\O)NC(N)=O. The fourth-order valence-corrected chi connectivity index (χ4v) is 1.03. The van der Waals surface area contributed by atoms with E-state index in [4.69, 9.17) is 16.6 Å². The van der Waals surface area contributed by atoms with Gasteiger partial charge in [-0.1, -0.05) is 25.2 Å². The van der Waals surface area contributed by atoms with Crippen molar-refractivity contribution in [1.82, 2.24) is 16.1 Å². The second-order valence-electron chi connectivity index (χ2n) is 3.98. The Balaban J connectivity index is 0. The van der Waals surface area contributed by atoms with Crippen LogP contribution in [-0.4, -0.2) is 29.8 Å². The Labute approximate surface area is 136 Å². The van der Waals surface area contributed by atoms with Crippen molar-refractivity contribution in [2.24, 2.45) is 16.6 Å². The molecule has 0 spiro atoms. The van der Waals surface area contributed by atoms with E-state index < -0.39 is 11.9 Å². The summed E-state index contributed by atoms with van der Waals surface area (Å²) >= 11 is 0. The minimum Gasteiger partial charge on any atom is -0.492 e. The minimum atomic E-state index is -0.858. The van der Waals surface area contributed by atoms with E-state index in [0.29, 0.717) is 13.0 Å². The maximum Gasteiger partial charge on any atom is 0.319 e. The molecule has 9 nitrogen and oxygen atoms in total. The Morgan fingerprint density at radius 2 is 1.91 bits per heavy atom. The van der Waals surface area contributed by atoms with Gasteiger partial charge < -0.3 is 21.9 Å².